The highest BCUT2D eigenvalue weighted by Gasteiger charge is 1.92. The summed E-state index contributed by atoms with van der Waals surface area (Å²) < 4.78 is 0. The quantitative estimate of drug-likeness (QED) is 0.382. The van der Waals surface area contributed by atoms with E-state index in [1.807, 2.05) is 6.92 Å². The van der Waals surface area contributed by atoms with E-state index in [1.54, 1.807) is 6.21 Å². The number of hydrogen-bond acceptors (Lipinski definition) is 2. The molecule has 0 rings (SSSR count). The van der Waals surface area contributed by atoms with Gasteiger partial charge in [0.2, 0.25) is 0 Å². The zero-order chi connectivity index (χ0) is 7.11. The van der Waals surface area contributed by atoms with E-state index in [0.717, 1.165) is 6.42 Å². The molecule has 9 heavy (non-hydrogen) atoms. The first-order valence-electron chi connectivity index (χ1n) is 3.10. The van der Waals surface area contributed by atoms with Crippen LogP contribution in [0.2, 0.25) is 0 Å². The van der Waals surface area contributed by atoms with Gasteiger partial charge in [-0.1, -0.05) is 28.0 Å². The minimum Gasteiger partial charge on any atom is -0.396 e. The van der Waals surface area contributed by atoms with Crippen LogP contribution in [-0.2, 0) is 4.84 Å². The zero-order valence-electron chi connectivity index (χ0n) is 5.80. The molecule has 0 aromatic rings. The van der Waals surface area contributed by atoms with Crippen molar-refractivity contribution in [2.45, 2.75) is 25.1 Å². The minimum absolute atomic E-state index is 0.351. The molecule has 0 fully saturated rings. The molecule has 0 N–H and O–H groups in total. The third-order valence-electron chi connectivity index (χ3n) is 0.816. The Hall–Kier alpha value is -0.0500. The second-order valence-electron chi connectivity index (χ2n) is 1.60. The highest BCUT2D eigenvalue weighted by Crippen LogP contribution is 1.99. The fourth-order valence-electron chi connectivity index (χ4n) is 0.289. The third kappa shape index (κ3) is 5.83. The molecule has 3 heteroatoms. The summed E-state index contributed by atoms with van der Waals surface area (Å²) in [5.74, 6) is 0. The highest BCUT2D eigenvalue weighted by atomic mass is 79.9. The van der Waals surface area contributed by atoms with E-state index in [0.29, 0.717) is 11.4 Å². The van der Waals surface area contributed by atoms with Gasteiger partial charge in [-0.25, -0.2) is 0 Å². The molecule has 0 aliphatic heterocycles. The summed E-state index contributed by atoms with van der Waals surface area (Å²) in [5.41, 5.74) is 0. The van der Waals surface area contributed by atoms with E-state index < -0.39 is 0 Å². The Labute approximate surface area is 64.4 Å². The molecule has 0 saturated heterocycles. The van der Waals surface area contributed by atoms with Crippen LogP contribution in [0.25, 0.3) is 0 Å². The van der Waals surface area contributed by atoms with Crippen LogP contribution in [0, 0.1) is 0 Å². The van der Waals surface area contributed by atoms with Crippen LogP contribution < -0.4 is 0 Å². The van der Waals surface area contributed by atoms with Crippen molar-refractivity contribution in [2.75, 3.05) is 6.61 Å². The predicted molar refractivity (Wildman–Crippen MR) is 43.1 cm³/mol. The van der Waals surface area contributed by atoms with Gasteiger partial charge in [0.25, 0.3) is 0 Å². The first kappa shape index (κ1) is 8.95. The molecule has 0 aromatic carbocycles. The predicted octanol–water partition coefficient (Wildman–Crippen LogP) is 2.18. The van der Waals surface area contributed by atoms with Crippen molar-refractivity contribution in [3.8, 4) is 0 Å². The molecular formula is C6H12BrNO. The smallest absolute Gasteiger partial charge is 0.114 e. The largest absolute Gasteiger partial charge is 0.396 e. The van der Waals surface area contributed by atoms with E-state index in [2.05, 4.69) is 28.0 Å². The van der Waals surface area contributed by atoms with Crippen LogP contribution >= 0.6 is 15.9 Å². The van der Waals surface area contributed by atoms with Gasteiger partial charge in [-0.05, 0) is 13.3 Å². The van der Waals surface area contributed by atoms with Crippen LogP contribution in [0.4, 0.5) is 0 Å². The van der Waals surface area contributed by atoms with Crippen LogP contribution in [0.1, 0.15) is 20.3 Å². The monoisotopic (exact) mass is 193 g/mol. The number of nitrogens with zero attached hydrogens (tertiary/aromatic N) is 1. The van der Waals surface area contributed by atoms with Gasteiger partial charge < -0.3 is 4.84 Å². The van der Waals surface area contributed by atoms with Crippen molar-refractivity contribution in [2.24, 2.45) is 5.16 Å². The standard InChI is InChI=1S/C6H12BrNO/c1-3-6(7)5-8-9-4-2/h5-6H,3-4H2,1-2H3/b8-5+. The Balaban J connectivity index is 3.20. The average Bonchev–Trinajstić information content (AvgIpc) is 1.89. The van der Waals surface area contributed by atoms with Crippen LogP contribution in [0.5, 0.6) is 0 Å². The summed E-state index contributed by atoms with van der Waals surface area (Å²) in [6, 6.07) is 0. The van der Waals surface area contributed by atoms with Crippen LogP contribution in [-0.4, -0.2) is 17.6 Å². The summed E-state index contributed by atoms with van der Waals surface area (Å²) in [6.45, 7) is 4.63. The molecule has 0 aromatic heterocycles. The lowest BCUT2D eigenvalue weighted by molar-refractivity contribution is 0.160. The molecule has 0 saturated carbocycles. The van der Waals surface area contributed by atoms with Crippen molar-refractivity contribution in [3.63, 3.8) is 0 Å². The Morgan fingerprint density at radius 2 is 2.33 bits per heavy atom. The van der Waals surface area contributed by atoms with E-state index in [4.69, 9.17) is 4.84 Å². The number of oxime groups is 1. The molecular weight excluding hydrogens is 182 g/mol. The molecule has 54 valence electrons. The Morgan fingerprint density at radius 1 is 1.67 bits per heavy atom. The van der Waals surface area contributed by atoms with Gasteiger partial charge in [-0.3, -0.25) is 0 Å². The Morgan fingerprint density at radius 3 is 2.78 bits per heavy atom. The summed E-state index contributed by atoms with van der Waals surface area (Å²) in [5, 5.41) is 3.69. The van der Waals surface area contributed by atoms with Crippen molar-refractivity contribution < 1.29 is 4.84 Å². The number of halogens is 1. The van der Waals surface area contributed by atoms with E-state index in [-0.39, 0.29) is 0 Å². The summed E-state index contributed by atoms with van der Waals surface area (Å²) >= 11 is 3.38. The fourth-order valence-corrected chi connectivity index (χ4v) is 0.386. The van der Waals surface area contributed by atoms with E-state index in [1.165, 1.54) is 0 Å². The molecule has 2 nitrogen and oxygen atoms in total. The number of hydrogen-bond donors (Lipinski definition) is 0. The Kier molecular flexibility index (Phi) is 6.04. The number of alkyl halides is 1. The molecule has 0 amide bonds. The molecule has 0 heterocycles. The molecule has 0 aliphatic carbocycles. The van der Waals surface area contributed by atoms with Gasteiger partial charge in [-0.2, -0.15) is 0 Å². The van der Waals surface area contributed by atoms with Crippen molar-refractivity contribution in [1.29, 1.82) is 0 Å². The molecule has 0 radical (unpaired) electrons. The maximum atomic E-state index is 4.75. The first-order chi connectivity index (χ1) is 4.31. The summed E-state index contributed by atoms with van der Waals surface area (Å²) in [6.07, 6.45) is 2.79. The lowest BCUT2D eigenvalue weighted by atomic mass is 10.4. The van der Waals surface area contributed by atoms with Gasteiger partial charge in [0, 0.05) is 0 Å². The maximum absolute atomic E-state index is 4.75. The first-order valence-corrected chi connectivity index (χ1v) is 4.02. The third-order valence-corrected chi connectivity index (χ3v) is 1.70. The Bertz CT molecular complexity index is 85.1. The normalized spacial score (nSPS) is 14.1. The van der Waals surface area contributed by atoms with Crippen molar-refractivity contribution in [1.82, 2.24) is 0 Å². The topological polar surface area (TPSA) is 21.6 Å². The fraction of sp³-hybridized carbons (Fsp3) is 0.833. The summed E-state index contributed by atoms with van der Waals surface area (Å²) in [4.78, 5) is 5.10. The molecule has 1 atom stereocenters. The van der Waals surface area contributed by atoms with Crippen LogP contribution in [0.3, 0.4) is 0 Å². The van der Waals surface area contributed by atoms with Gasteiger partial charge in [0.1, 0.15) is 6.61 Å². The second kappa shape index (κ2) is 6.08. The average molecular weight is 194 g/mol. The second-order valence-corrected chi connectivity index (χ2v) is 2.77. The minimum atomic E-state index is 0.351. The highest BCUT2D eigenvalue weighted by molar-refractivity contribution is 9.09. The SMILES string of the molecule is CCO/N=C/C(Br)CC. The van der Waals surface area contributed by atoms with Crippen LogP contribution in [0.15, 0.2) is 5.16 Å². The van der Waals surface area contributed by atoms with Crippen molar-refractivity contribution in [3.05, 3.63) is 0 Å². The molecule has 0 bridgehead atoms. The zero-order valence-corrected chi connectivity index (χ0v) is 7.39. The van der Waals surface area contributed by atoms with Gasteiger partial charge in [0.15, 0.2) is 0 Å². The number of rotatable bonds is 4. The summed E-state index contributed by atoms with van der Waals surface area (Å²) in [7, 11) is 0. The van der Waals surface area contributed by atoms with E-state index in [9.17, 15) is 0 Å². The molecule has 0 spiro atoms. The molecule has 0 aliphatic rings. The van der Waals surface area contributed by atoms with Gasteiger partial charge in [-0.15, -0.1) is 0 Å². The van der Waals surface area contributed by atoms with Crippen molar-refractivity contribution >= 4 is 22.1 Å². The van der Waals surface area contributed by atoms with Gasteiger partial charge in [0.05, 0.1) is 11.0 Å². The maximum Gasteiger partial charge on any atom is 0.114 e. The lowest BCUT2D eigenvalue weighted by Crippen LogP contribution is -1.96. The van der Waals surface area contributed by atoms with Gasteiger partial charge >= 0.3 is 0 Å². The lowest BCUT2D eigenvalue weighted by Gasteiger charge is -1.95. The molecule has 1 unspecified atom stereocenters. The van der Waals surface area contributed by atoms with E-state index >= 15 is 0 Å².